The minimum atomic E-state index is 0.705. The number of hydrogen-bond donors (Lipinski definition) is 0. The van der Waals surface area contributed by atoms with Gasteiger partial charge in [-0.2, -0.15) is 0 Å². The maximum atomic E-state index is 5.95. The van der Waals surface area contributed by atoms with Gasteiger partial charge in [-0.15, -0.1) is 0 Å². The molecule has 0 atom stereocenters. The zero-order valence-corrected chi connectivity index (χ0v) is 13.4. The predicted octanol–water partition coefficient (Wildman–Crippen LogP) is 5.85. The second-order valence-electron chi connectivity index (χ2n) is 5.15. The molecule has 3 aromatic rings. The number of nitrogens with zero attached hydrogens (tertiary/aromatic N) is 1. The molecule has 23 heavy (non-hydrogen) atoms. The summed E-state index contributed by atoms with van der Waals surface area (Å²) in [5, 5.41) is 0.705. The van der Waals surface area contributed by atoms with Crippen LogP contribution in [0.1, 0.15) is 16.7 Å². The topological polar surface area (TPSA) is 12.4 Å². The molecule has 0 amide bonds. The SMILES string of the molecule is C=C(N=C(c1ccccc1)c1ccccc1)c1ccc(Cl)cc1. The summed E-state index contributed by atoms with van der Waals surface area (Å²) in [6.45, 7) is 4.11. The minimum absolute atomic E-state index is 0.705. The van der Waals surface area contributed by atoms with E-state index in [1.807, 2.05) is 60.7 Å². The van der Waals surface area contributed by atoms with Gasteiger partial charge in [-0.1, -0.05) is 91.0 Å². The van der Waals surface area contributed by atoms with Gasteiger partial charge in [-0.3, -0.25) is 0 Å². The maximum Gasteiger partial charge on any atom is 0.0781 e. The summed E-state index contributed by atoms with van der Waals surface area (Å²) in [7, 11) is 0. The van der Waals surface area contributed by atoms with Crippen molar-refractivity contribution in [3.8, 4) is 0 Å². The summed E-state index contributed by atoms with van der Waals surface area (Å²) < 4.78 is 0. The van der Waals surface area contributed by atoms with Gasteiger partial charge in [0.05, 0.1) is 11.4 Å². The van der Waals surface area contributed by atoms with E-state index in [2.05, 4.69) is 30.8 Å². The first kappa shape index (κ1) is 15.3. The van der Waals surface area contributed by atoms with Gasteiger partial charge >= 0.3 is 0 Å². The average molecular weight is 318 g/mol. The lowest BCUT2D eigenvalue weighted by molar-refractivity contribution is 1.48. The Bertz CT molecular complexity index is 777. The highest BCUT2D eigenvalue weighted by Crippen LogP contribution is 2.20. The van der Waals surface area contributed by atoms with E-state index in [1.165, 1.54) is 0 Å². The van der Waals surface area contributed by atoms with Crippen molar-refractivity contribution >= 4 is 23.0 Å². The molecule has 1 nitrogen and oxygen atoms in total. The number of aliphatic imine (C=N–C) groups is 1. The second-order valence-corrected chi connectivity index (χ2v) is 5.58. The van der Waals surface area contributed by atoms with Gasteiger partial charge in [-0.25, -0.2) is 4.99 Å². The zero-order chi connectivity index (χ0) is 16.1. The zero-order valence-electron chi connectivity index (χ0n) is 12.6. The molecule has 0 spiro atoms. The summed E-state index contributed by atoms with van der Waals surface area (Å²) >= 11 is 5.95. The van der Waals surface area contributed by atoms with Crippen molar-refractivity contribution in [3.05, 3.63) is 113 Å². The van der Waals surface area contributed by atoms with Crippen molar-refractivity contribution in [3.63, 3.8) is 0 Å². The normalized spacial score (nSPS) is 10.1. The van der Waals surface area contributed by atoms with E-state index < -0.39 is 0 Å². The third kappa shape index (κ3) is 3.77. The molecule has 0 aromatic heterocycles. The van der Waals surface area contributed by atoms with Gasteiger partial charge in [0.1, 0.15) is 0 Å². The van der Waals surface area contributed by atoms with E-state index in [0.29, 0.717) is 10.7 Å². The molecule has 0 saturated carbocycles. The third-order valence-corrected chi connectivity index (χ3v) is 3.77. The molecule has 0 N–H and O–H groups in total. The Kier molecular flexibility index (Phi) is 4.70. The molecule has 112 valence electrons. The molecule has 0 unspecified atom stereocenters. The van der Waals surface area contributed by atoms with E-state index in [-0.39, 0.29) is 0 Å². The Morgan fingerprint density at radius 1 is 0.652 bits per heavy atom. The smallest absolute Gasteiger partial charge is 0.0781 e. The Hall–Kier alpha value is -2.64. The fourth-order valence-corrected chi connectivity index (χ4v) is 2.46. The molecule has 0 heterocycles. The molecule has 3 rings (SSSR count). The van der Waals surface area contributed by atoms with E-state index >= 15 is 0 Å². The van der Waals surface area contributed by atoms with Crippen LogP contribution in [0.15, 0.2) is 96.5 Å². The van der Waals surface area contributed by atoms with Crippen LogP contribution in [0.25, 0.3) is 5.70 Å². The van der Waals surface area contributed by atoms with Crippen molar-refractivity contribution in [2.75, 3.05) is 0 Å². The van der Waals surface area contributed by atoms with Crippen LogP contribution >= 0.6 is 11.6 Å². The van der Waals surface area contributed by atoms with Gasteiger partial charge in [0.25, 0.3) is 0 Å². The Morgan fingerprint density at radius 2 is 1.13 bits per heavy atom. The molecule has 0 aliphatic rings. The number of benzene rings is 3. The Balaban J connectivity index is 2.05. The van der Waals surface area contributed by atoms with Crippen molar-refractivity contribution in [1.29, 1.82) is 0 Å². The highest BCUT2D eigenvalue weighted by Gasteiger charge is 2.07. The van der Waals surface area contributed by atoms with Crippen molar-refractivity contribution in [2.24, 2.45) is 4.99 Å². The lowest BCUT2D eigenvalue weighted by Crippen LogP contribution is -2.03. The summed E-state index contributed by atoms with van der Waals surface area (Å²) in [6.07, 6.45) is 0. The van der Waals surface area contributed by atoms with Crippen molar-refractivity contribution < 1.29 is 0 Å². The largest absolute Gasteiger partial charge is 0.248 e. The molecule has 2 heteroatoms. The van der Waals surface area contributed by atoms with Crippen LogP contribution in [-0.4, -0.2) is 5.71 Å². The summed E-state index contributed by atoms with van der Waals surface area (Å²) in [6, 6.07) is 27.8. The molecule has 0 bridgehead atoms. The first-order valence-corrected chi connectivity index (χ1v) is 7.76. The van der Waals surface area contributed by atoms with Gasteiger partial charge in [0, 0.05) is 16.1 Å². The van der Waals surface area contributed by atoms with Gasteiger partial charge in [-0.05, 0) is 17.7 Å². The van der Waals surface area contributed by atoms with E-state index in [1.54, 1.807) is 0 Å². The average Bonchev–Trinajstić information content (AvgIpc) is 2.61. The molecule has 0 saturated heterocycles. The van der Waals surface area contributed by atoms with E-state index in [4.69, 9.17) is 16.6 Å². The van der Waals surface area contributed by atoms with Crippen LogP contribution in [0.3, 0.4) is 0 Å². The molecule has 3 aromatic carbocycles. The summed E-state index contributed by atoms with van der Waals surface area (Å²) in [5.74, 6) is 0. The van der Waals surface area contributed by atoms with Crippen LogP contribution in [0.5, 0.6) is 0 Å². The Labute approximate surface area is 141 Å². The van der Waals surface area contributed by atoms with Gasteiger partial charge in [0.15, 0.2) is 0 Å². The maximum absolute atomic E-state index is 5.95. The number of halogens is 1. The van der Waals surface area contributed by atoms with Crippen molar-refractivity contribution in [1.82, 2.24) is 0 Å². The van der Waals surface area contributed by atoms with Crippen LogP contribution in [0.2, 0.25) is 5.02 Å². The standard InChI is InChI=1S/C21H16ClN/c1-16(17-12-14-20(22)15-13-17)23-21(18-8-4-2-5-9-18)19-10-6-3-7-11-19/h2-15H,1H2. The van der Waals surface area contributed by atoms with Gasteiger partial charge < -0.3 is 0 Å². The number of hydrogen-bond acceptors (Lipinski definition) is 1. The summed E-state index contributed by atoms with van der Waals surface area (Å²) in [5.41, 5.74) is 4.71. The van der Waals surface area contributed by atoms with Crippen molar-refractivity contribution in [2.45, 2.75) is 0 Å². The lowest BCUT2D eigenvalue weighted by atomic mass is 10.0. The monoisotopic (exact) mass is 317 g/mol. The predicted molar refractivity (Wildman–Crippen MR) is 99.0 cm³/mol. The van der Waals surface area contributed by atoms with Crippen LogP contribution in [0.4, 0.5) is 0 Å². The molecule has 0 radical (unpaired) electrons. The van der Waals surface area contributed by atoms with Crippen LogP contribution in [-0.2, 0) is 0 Å². The third-order valence-electron chi connectivity index (χ3n) is 3.52. The fraction of sp³-hybridized carbons (Fsp3) is 0. The van der Waals surface area contributed by atoms with Gasteiger partial charge in [0.2, 0.25) is 0 Å². The van der Waals surface area contributed by atoms with E-state index in [0.717, 1.165) is 22.4 Å². The molecule has 0 fully saturated rings. The molecular weight excluding hydrogens is 302 g/mol. The molecular formula is C21H16ClN. The van der Waals surface area contributed by atoms with Crippen LogP contribution < -0.4 is 0 Å². The fourth-order valence-electron chi connectivity index (χ4n) is 2.33. The molecule has 0 aliphatic carbocycles. The highest BCUT2D eigenvalue weighted by atomic mass is 35.5. The first-order chi connectivity index (χ1) is 11.2. The van der Waals surface area contributed by atoms with E-state index in [9.17, 15) is 0 Å². The number of rotatable bonds is 4. The lowest BCUT2D eigenvalue weighted by Gasteiger charge is -2.09. The highest BCUT2D eigenvalue weighted by molar-refractivity contribution is 6.30. The first-order valence-electron chi connectivity index (χ1n) is 7.38. The second kappa shape index (κ2) is 7.08. The Morgan fingerprint density at radius 3 is 1.61 bits per heavy atom. The van der Waals surface area contributed by atoms with Crippen LogP contribution in [0, 0.1) is 0 Å². The summed E-state index contributed by atoms with van der Waals surface area (Å²) in [4.78, 5) is 4.80. The molecule has 0 aliphatic heterocycles. The minimum Gasteiger partial charge on any atom is -0.248 e. The quantitative estimate of drug-likeness (QED) is 0.535.